The van der Waals surface area contributed by atoms with Gasteiger partial charge in [-0.05, 0) is 59.2 Å². The maximum Gasteiger partial charge on any atom is 0.119 e. The molecule has 1 saturated heterocycles. The summed E-state index contributed by atoms with van der Waals surface area (Å²) in [6.45, 7) is 6.11. The van der Waals surface area contributed by atoms with Crippen LogP contribution in [0.2, 0.25) is 0 Å². The van der Waals surface area contributed by atoms with Gasteiger partial charge >= 0.3 is 0 Å². The van der Waals surface area contributed by atoms with Crippen LogP contribution in [0.4, 0.5) is 5.69 Å². The first-order valence-corrected chi connectivity index (χ1v) is 12.1. The van der Waals surface area contributed by atoms with E-state index in [4.69, 9.17) is 9.47 Å². The van der Waals surface area contributed by atoms with Gasteiger partial charge in [0.25, 0.3) is 0 Å². The van der Waals surface area contributed by atoms with E-state index in [0.717, 1.165) is 57.4 Å². The molecule has 180 valence electrons. The lowest BCUT2D eigenvalue weighted by Crippen LogP contribution is -2.35. The largest absolute Gasteiger partial charge is 0.497 e. The highest BCUT2D eigenvalue weighted by Crippen LogP contribution is 2.24. The molecule has 0 spiro atoms. The van der Waals surface area contributed by atoms with Crippen LogP contribution in [0.3, 0.4) is 0 Å². The van der Waals surface area contributed by atoms with Crippen LogP contribution < -0.4 is 9.64 Å². The molecule has 1 aromatic heterocycles. The van der Waals surface area contributed by atoms with Crippen LogP contribution >= 0.6 is 0 Å². The molecule has 0 radical (unpaired) electrons. The molecule has 0 saturated carbocycles. The van der Waals surface area contributed by atoms with Gasteiger partial charge in [0.05, 0.1) is 26.0 Å². The van der Waals surface area contributed by atoms with E-state index < -0.39 is 0 Å². The number of benzene rings is 3. The van der Waals surface area contributed by atoms with E-state index in [1.807, 2.05) is 29.2 Å². The lowest BCUT2D eigenvalue weighted by molar-refractivity contribution is 0.0342. The maximum atomic E-state index is 5.52. The third kappa shape index (κ3) is 6.10. The molecular formula is C29H32N4O2. The van der Waals surface area contributed by atoms with Gasteiger partial charge in [-0.15, -0.1) is 0 Å². The minimum absolute atomic E-state index is 0.782. The van der Waals surface area contributed by atoms with Crippen molar-refractivity contribution in [2.75, 3.05) is 38.3 Å². The molecule has 1 fully saturated rings. The molecule has 35 heavy (non-hydrogen) atoms. The second kappa shape index (κ2) is 11.2. The fourth-order valence-corrected chi connectivity index (χ4v) is 4.54. The summed E-state index contributed by atoms with van der Waals surface area (Å²) in [6.07, 6.45) is 3.78. The summed E-state index contributed by atoms with van der Waals surface area (Å²) in [6, 6.07) is 27.8. The molecule has 3 aromatic carbocycles. The Morgan fingerprint density at radius 1 is 0.857 bits per heavy atom. The SMILES string of the molecule is COc1cccc(CN(Cc2cccc(-n3cccn3)c2)c2cccc(CN3CCOCC3)c2)c1. The number of ether oxygens (including phenoxy) is 2. The van der Waals surface area contributed by atoms with Gasteiger partial charge in [0, 0.05) is 50.8 Å². The van der Waals surface area contributed by atoms with Crippen LogP contribution in [-0.2, 0) is 24.4 Å². The van der Waals surface area contributed by atoms with Crippen molar-refractivity contribution in [1.82, 2.24) is 14.7 Å². The van der Waals surface area contributed by atoms with Crippen LogP contribution in [-0.4, -0.2) is 48.1 Å². The number of morpholine rings is 1. The van der Waals surface area contributed by atoms with Gasteiger partial charge in [-0.25, -0.2) is 4.68 Å². The Morgan fingerprint density at radius 2 is 1.60 bits per heavy atom. The molecule has 0 aliphatic carbocycles. The molecule has 0 unspecified atom stereocenters. The molecule has 5 rings (SSSR count). The standard InChI is InChI=1S/C29H32N4O2/c1-34-29-11-4-8-26(20-29)23-32(22-25-7-3-10-28(19-25)33-13-5-12-30-33)27-9-2-6-24(18-27)21-31-14-16-35-17-15-31/h2-13,18-20H,14-17,21-23H2,1H3. The van der Waals surface area contributed by atoms with E-state index in [1.54, 1.807) is 7.11 Å². The van der Waals surface area contributed by atoms with Gasteiger partial charge in [-0.2, -0.15) is 5.10 Å². The summed E-state index contributed by atoms with van der Waals surface area (Å²) in [4.78, 5) is 4.89. The molecule has 1 aliphatic rings. The van der Waals surface area contributed by atoms with E-state index in [2.05, 4.69) is 81.6 Å². The Balaban J connectivity index is 1.42. The topological polar surface area (TPSA) is 42.8 Å². The monoisotopic (exact) mass is 468 g/mol. The lowest BCUT2D eigenvalue weighted by Gasteiger charge is -2.28. The summed E-state index contributed by atoms with van der Waals surface area (Å²) < 4.78 is 12.9. The Hall–Kier alpha value is -3.61. The Labute approximate surface area is 207 Å². The van der Waals surface area contributed by atoms with E-state index in [0.29, 0.717) is 0 Å². The van der Waals surface area contributed by atoms with Crippen molar-refractivity contribution in [1.29, 1.82) is 0 Å². The average Bonchev–Trinajstić information content (AvgIpc) is 3.45. The average molecular weight is 469 g/mol. The van der Waals surface area contributed by atoms with Crippen molar-refractivity contribution in [2.45, 2.75) is 19.6 Å². The van der Waals surface area contributed by atoms with Crippen molar-refractivity contribution < 1.29 is 9.47 Å². The zero-order valence-corrected chi connectivity index (χ0v) is 20.2. The van der Waals surface area contributed by atoms with E-state index in [-0.39, 0.29) is 0 Å². The minimum Gasteiger partial charge on any atom is -0.497 e. The zero-order valence-electron chi connectivity index (χ0n) is 20.2. The highest BCUT2D eigenvalue weighted by molar-refractivity contribution is 5.51. The summed E-state index contributed by atoms with van der Waals surface area (Å²) in [5, 5.41) is 4.39. The number of aromatic nitrogens is 2. The molecule has 6 nitrogen and oxygen atoms in total. The van der Waals surface area contributed by atoms with Crippen LogP contribution in [0.25, 0.3) is 5.69 Å². The zero-order chi connectivity index (χ0) is 23.9. The van der Waals surface area contributed by atoms with Gasteiger partial charge in [0.2, 0.25) is 0 Å². The van der Waals surface area contributed by atoms with Crippen molar-refractivity contribution in [3.05, 3.63) is 108 Å². The number of hydrogen-bond donors (Lipinski definition) is 0. The lowest BCUT2D eigenvalue weighted by atomic mass is 10.1. The number of rotatable bonds is 9. The molecule has 0 N–H and O–H groups in total. The molecule has 0 bridgehead atoms. The highest BCUT2D eigenvalue weighted by Gasteiger charge is 2.14. The summed E-state index contributed by atoms with van der Waals surface area (Å²) in [7, 11) is 1.72. The second-order valence-electron chi connectivity index (χ2n) is 8.89. The summed E-state index contributed by atoms with van der Waals surface area (Å²) in [5.41, 5.74) is 6.05. The van der Waals surface area contributed by atoms with Crippen LogP contribution in [0, 0.1) is 0 Å². The third-order valence-electron chi connectivity index (χ3n) is 6.35. The molecular weight excluding hydrogens is 436 g/mol. The first-order chi connectivity index (χ1) is 17.3. The predicted molar refractivity (Wildman–Crippen MR) is 139 cm³/mol. The van der Waals surface area contributed by atoms with E-state index >= 15 is 0 Å². The smallest absolute Gasteiger partial charge is 0.119 e. The Morgan fingerprint density at radius 3 is 2.37 bits per heavy atom. The Kier molecular flexibility index (Phi) is 7.41. The van der Waals surface area contributed by atoms with Gasteiger partial charge in [-0.1, -0.05) is 36.4 Å². The molecule has 2 heterocycles. The predicted octanol–water partition coefficient (Wildman–Crippen LogP) is 4.92. The summed E-state index contributed by atoms with van der Waals surface area (Å²) in [5.74, 6) is 0.879. The van der Waals surface area contributed by atoms with Crippen molar-refractivity contribution in [2.24, 2.45) is 0 Å². The first-order valence-electron chi connectivity index (χ1n) is 12.1. The number of methoxy groups -OCH3 is 1. The molecule has 1 aliphatic heterocycles. The first kappa shape index (κ1) is 23.1. The fraction of sp³-hybridized carbons (Fsp3) is 0.276. The second-order valence-corrected chi connectivity index (χ2v) is 8.89. The third-order valence-corrected chi connectivity index (χ3v) is 6.35. The molecule has 4 aromatic rings. The van der Waals surface area contributed by atoms with Gasteiger partial charge in [0.1, 0.15) is 5.75 Å². The fourth-order valence-electron chi connectivity index (χ4n) is 4.54. The molecule has 0 atom stereocenters. The molecule has 0 amide bonds. The number of hydrogen-bond acceptors (Lipinski definition) is 5. The van der Waals surface area contributed by atoms with Gasteiger partial charge in [-0.3, -0.25) is 4.90 Å². The van der Waals surface area contributed by atoms with Crippen molar-refractivity contribution in [3.63, 3.8) is 0 Å². The number of anilines is 1. The van der Waals surface area contributed by atoms with Crippen LogP contribution in [0.15, 0.2) is 91.3 Å². The Bertz CT molecular complexity index is 1220. The van der Waals surface area contributed by atoms with Crippen molar-refractivity contribution in [3.8, 4) is 11.4 Å². The van der Waals surface area contributed by atoms with E-state index in [1.165, 1.54) is 22.4 Å². The molecule has 6 heteroatoms. The van der Waals surface area contributed by atoms with Gasteiger partial charge in [0.15, 0.2) is 0 Å². The minimum atomic E-state index is 0.782. The number of nitrogens with zero attached hydrogens (tertiary/aromatic N) is 4. The summed E-state index contributed by atoms with van der Waals surface area (Å²) >= 11 is 0. The van der Waals surface area contributed by atoms with Crippen molar-refractivity contribution >= 4 is 5.69 Å². The van der Waals surface area contributed by atoms with Crippen LogP contribution in [0.5, 0.6) is 5.75 Å². The highest BCUT2D eigenvalue weighted by atomic mass is 16.5. The van der Waals surface area contributed by atoms with Crippen LogP contribution in [0.1, 0.15) is 16.7 Å². The van der Waals surface area contributed by atoms with E-state index in [9.17, 15) is 0 Å². The quantitative estimate of drug-likeness (QED) is 0.349. The van der Waals surface area contributed by atoms with Gasteiger partial charge < -0.3 is 14.4 Å². The normalized spacial score (nSPS) is 14.1. The maximum absolute atomic E-state index is 5.52.